The van der Waals surface area contributed by atoms with Crippen LogP contribution in [0.2, 0.25) is 0 Å². The third kappa shape index (κ3) is 2.79. The number of phenols is 1. The number of hydrogen-bond donors (Lipinski definition) is 2. The fourth-order valence-corrected chi connectivity index (χ4v) is 2.05. The van der Waals surface area contributed by atoms with E-state index in [1.807, 2.05) is 0 Å². The zero-order valence-corrected chi connectivity index (χ0v) is 11.0. The summed E-state index contributed by atoms with van der Waals surface area (Å²) in [4.78, 5) is 11.8. The van der Waals surface area contributed by atoms with Crippen LogP contribution in [0.1, 0.15) is 23.2 Å². The quantitative estimate of drug-likeness (QED) is 0.898. The van der Waals surface area contributed by atoms with Crippen molar-refractivity contribution in [1.29, 1.82) is 0 Å². The van der Waals surface area contributed by atoms with Crippen LogP contribution >= 0.6 is 15.9 Å². The monoisotopic (exact) mass is 299 g/mol. The molecule has 1 fully saturated rings. The third-order valence-corrected chi connectivity index (χ3v) is 3.64. The number of nitrogens with one attached hydrogen (secondary N) is 1. The van der Waals surface area contributed by atoms with Crippen LogP contribution in [0.15, 0.2) is 22.7 Å². The fourth-order valence-electron chi connectivity index (χ4n) is 1.80. The summed E-state index contributed by atoms with van der Waals surface area (Å²) < 4.78 is 5.72. The number of aromatic hydroxyl groups is 1. The SMILES string of the molecule is COC1CC(NC(=O)c2ccc(Br)c(O)c2)C1. The zero-order valence-electron chi connectivity index (χ0n) is 9.44. The second-order valence-corrected chi connectivity index (χ2v) is 5.02. The van der Waals surface area contributed by atoms with Crippen molar-refractivity contribution in [2.75, 3.05) is 7.11 Å². The summed E-state index contributed by atoms with van der Waals surface area (Å²) in [5.74, 6) is -0.0895. The van der Waals surface area contributed by atoms with Gasteiger partial charge >= 0.3 is 0 Å². The topological polar surface area (TPSA) is 58.6 Å². The van der Waals surface area contributed by atoms with Crippen LogP contribution < -0.4 is 5.32 Å². The Bertz CT molecular complexity index is 430. The molecule has 0 heterocycles. The average Bonchev–Trinajstić information content (AvgIpc) is 2.26. The Kier molecular flexibility index (Phi) is 3.69. The second kappa shape index (κ2) is 5.06. The lowest BCUT2D eigenvalue weighted by molar-refractivity contribution is 0.0176. The minimum absolute atomic E-state index is 0.0704. The largest absolute Gasteiger partial charge is 0.507 e. The number of carbonyl (C=O) groups is 1. The number of ether oxygens (including phenoxy) is 1. The van der Waals surface area contributed by atoms with E-state index < -0.39 is 0 Å². The van der Waals surface area contributed by atoms with Crippen molar-refractivity contribution >= 4 is 21.8 Å². The molecule has 2 rings (SSSR count). The smallest absolute Gasteiger partial charge is 0.251 e. The van der Waals surface area contributed by atoms with E-state index in [1.54, 1.807) is 19.2 Å². The Morgan fingerprint density at radius 2 is 2.24 bits per heavy atom. The Labute approximate surface area is 108 Å². The van der Waals surface area contributed by atoms with Crippen LogP contribution in [0.3, 0.4) is 0 Å². The number of hydrogen-bond acceptors (Lipinski definition) is 3. The number of rotatable bonds is 3. The Morgan fingerprint density at radius 1 is 1.53 bits per heavy atom. The van der Waals surface area contributed by atoms with Crippen LogP contribution in [-0.2, 0) is 4.74 Å². The van der Waals surface area contributed by atoms with Gasteiger partial charge in [0.25, 0.3) is 5.91 Å². The highest BCUT2D eigenvalue weighted by Gasteiger charge is 2.30. The highest BCUT2D eigenvalue weighted by molar-refractivity contribution is 9.10. The molecule has 92 valence electrons. The van der Waals surface area contributed by atoms with E-state index in [4.69, 9.17) is 4.74 Å². The standard InChI is InChI=1S/C12H14BrNO3/c1-17-9-5-8(6-9)14-12(16)7-2-3-10(13)11(15)4-7/h2-4,8-9,15H,5-6H2,1H3,(H,14,16). The molecule has 1 aromatic rings. The second-order valence-electron chi connectivity index (χ2n) is 4.17. The van der Waals surface area contributed by atoms with Gasteiger partial charge in [-0.15, -0.1) is 0 Å². The molecule has 2 N–H and O–H groups in total. The number of methoxy groups -OCH3 is 1. The Hall–Kier alpha value is -1.07. The minimum atomic E-state index is -0.160. The highest BCUT2D eigenvalue weighted by Crippen LogP contribution is 2.26. The maximum Gasteiger partial charge on any atom is 0.251 e. The lowest BCUT2D eigenvalue weighted by Gasteiger charge is -2.34. The molecule has 0 atom stereocenters. The molecule has 0 spiro atoms. The van der Waals surface area contributed by atoms with Crippen LogP contribution in [0, 0.1) is 0 Å². The molecule has 0 saturated heterocycles. The van der Waals surface area contributed by atoms with Gasteiger partial charge in [-0.2, -0.15) is 0 Å². The van der Waals surface area contributed by atoms with Gasteiger partial charge in [0, 0.05) is 18.7 Å². The Balaban J connectivity index is 1.94. The summed E-state index contributed by atoms with van der Waals surface area (Å²) in [7, 11) is 1.68. The molecular formula is C12H14BrNO3. The summed E-state index contributed by atoms with van der Waals surface area (Å²) in [5.41, 5.74) is 0.464. The van der Waals surface area contributed by atoms with Gasteiger partial charge in [0.2, 0.25) is 0 Å². The van der Waals surface area contributed by atoms with E-state index in [0.717, 1.165) is 12.8 Å². The van der Waals surface area contributed by atoms with Crippen molar-refractivity contribution < 1.29 is 14.6 Å². The van der Waals surface area contributed by atoms with E-state index in [1.165, 1.54) is 6.07 Å². The first-order chi connectivity index (χ1) is 8.10. The summed E-state index contributed by atoms with van der Waals surface area (Å²) >= 11 is 3.17. The molecule has 0 unspecified atom stereocenters. The predicted molar refractivity (Wildman–Crippen MR) is 67.1 cm³/mol. The number of amides is 1. The molecule has 4 nitrogen and oxygen atoms in total. The predicted octanol–water partition coefficient (Wildman–Crippen LogP) is 2.06. The maximum absolute atomic E-state index is 11.8. The van der Waals surface area contributed by atoms with Crippen molar-refractivity contribution in [3.8, 4) is 5.75 Å². The molecule has 0 bridgehead atoms. The van der Waals surface area contributed by atoms with Gasteiger partial charge in [-0.05, 0) is 47.0 Å². The average molecular weight is 300 g/mol. The minimum Gasteiger partial charge on any atom is -0.507 e. The van der Waals surface area contributed by atoms with E-state index in [2.05, 4.69) is 21.2 Å². The molecule has 1 aromatic carbocycles. The van der Waals surface area contributed by atoms with Crippen molar-refractivity contribution in [3.05, 3.63) is 28.2 Å². The van der Waals surface area contributed by atoms with Gasteiger partial charge in [0.1, 0.15) is 5.75 Å². The fraction of sp³-hybridized carbons (Fsp3) is 0.417. The van der Waals surface area contributed by atoms with Crippen molar-refractivity contribution in [2.45, 2.75) is 25.0 Å². The van der Waals surface area contributed by atoms with Gasteiger partial charge in [0.15, 0.2) is 0 Å². The molecule has 1 amide bonds. The zero-order chi connectivity index (χ0) is 12.4. The molecule has 17 heavy (non-hydrogen) atoms. The lowest BCUT2D eigenvalue weighted by atomic mass is 9.89. The van der Waals surface area contributed by atoms with Gasteiger partial charge in [-0.3, -0.25) is 4.79 Å². The number of benzene rings is 1. The number of halogens is 1. The molecule has 0 aliphatic heterocycles. The van der Waals surface area contributed by atoms with Crippen LogP contribution in [0.25, 0.3) is 0 Å². The van der Waals surface area contributed by atoms with Crippen molar-refractivity contribution in [2.24, 2.45) is 0 Å². The maximum atomic E-state index is 11.8. The summed E-state index contributed by atoms with van der Waals surface area (Å²) in [6, 6.07) is 4.96. The molecule has 1 aliphatic carbocycles. The van der Waals surface area contributed by atoms with Crippen LogP contribution in [0.5, 0.6) is 5.75 Å². The van der Waals surface area contributed by atoms with Gasteiger partial charge in [-0.1, -0.05) is 0 Å². The van der Waals surface area contributed by atoms with Gasteiger partial charge in [-0.25, -0.2) is 0 Å². The third-order valence-electron chi connectivity index (χ3n) is 2.97. The van der Waals surface area contributed by atoms with Crippen molar-refractivity contribution in [3.63, 3.8) is 0 Å². The van der Waals surface area contributed by atoms with Crippen LogP contribution in [-0.4, -0.2) is 30.3 Å². The normalized spacial score (nSPS) is 22.9. The molecule has 5 heteroatoms. The molecule has 0 aromatic heterocycles. The van der Waals surface area contributed by atoms with Gasteiger partial charge < -0.3 is 15.2 Å². The summed E-state index contributed by atoms with van der Waals surface area (Å²) in [5, 5.41) is 12.4. The van der Waals surface area contributed by atoms with Crippen molar-refractivity contribution in [1.82, 2.24) is 5.32 Å². The van der Waals surface area contributed by atoms with E-state index in [0.29, 0.717) is 10.0 Å². The summed E-state index contributed by atoms with van der Waals surface area (Å²) in [6.45, 7) is 0. The first-order valence-electron chi connectivity index (χ1n) is 5.42. The highest BCUT2D eigenvalue weighted by atomic mass is 79.9. The van der Waals surface area contributed by atoms with E-state index in [9.17, 15) is 9.90 Å². The van der Waals surface area contributed by atoms with E-state index >= 15 is 0 Å². The molecule has 1 saturated carbocycles. The first-order valence-corrected chi connectivity index (χ1v) is 6.21. The number of carbonyl (C=O) groups excluding carboxylic acids is 1. The first kappa shape index (κ1) is 12.4. The molecule has 0 radical (unpaired) electrons. The van der Waals surface area contributed by atoms with Crippen LogP contribution in [0.4, 0.5) is 0 Å². The lowest BCUT2D eigenvalue weighted by Crippen LogP contribution is -2.47. The van der Waals surface area contributed by atoms with E-state index in [-0.39, 0.29) is 23.8 Å². The number of phenolic OH excluding ortho intramolecular Hbond substituents is 1. The summed E-state index contributed by atoms with van der Waals surface area (Å²) in [6.07, 6.45) is 1.97. The molecular weight excluding hydrogens is 286 g/mol. The Morgan fingerprint density at radius 3 is 2.82 bits per heavy atom. The molecule has 1 aliphatic rings. The van der Waals surface area contributed by atoms with Gasteiger partial charge in [0.05, 0.1) is 10.6 Å².